The standard InChI is InChI=1S/C17H37NSi/c1-6-7-8-9-10-11-12-13-17(18)14-16(2)15-19(3,4)5/h17H,2,6-15,18H2,1,3-5H3/t17-/m1/s1. The zero-order valence-electron chi connectivity index (χ0n) is 13.9. The summed E-state index contributed by atoms with van der Waals surface area (Å²) in [7, 11) is -0.999. The van der Waals surface area contributed by atoms with Crippen LogP contribution in [0.3, 0.4) is 0 Å². The van der Waals surface area contributed by atoms with Crippen LogP contribution in [0.4, 0.5) is 0 Å². The van der Waals surface area contributed by atoms with Crippen molar-refractivity contribution in [2.75, 3.05) is 0 Å². The summed E-state index contributed by atoms with van der Waals surface area (Å²) in [6.45, 7) is 13.7. The van der Waals surface area contributed by atoms with Crippen LogP contribution >= 0.6 is 0 Å². The fraction of sp³-hybridized carbons (Fsp3) is 0.882. The monoisotopic (exact) mass is 283 g/mol. The molecule has 0 radical (unpaired) electrons. The van der Waals surface area contributed by atoms with E-state index in [2.05, 4.69) is 33.1 Å². The van der Waals surface area contributed by atoms with Crippen molar-refractivity contribution in [3.05, 3.63) is 12.2 Å². The minimum Gasteiger partial charge on any atom is -0.327 e. The fourth-order valence-electron chi connectivity index (χ4n) is 2.66. The number of hydrogen-bond donors (Lipinski definition) is 1. The number of unbranched alkanes of at least 4 members (excludes halogenated alkanes) is 6. The lowest BCUT2D eigenvalue weighted by Gasteiger charge is -2.20. The van der Waals surface area contributed by atoms with E-state index in [0.29, 0.717) is 6.04 Å². The number of rotatable bonds is 12. The molecule has 114 valence electrons. The predicted octanol–water partition coefficient (Wildman–Crippen LogP) is 5.74. The molecule has 0 aromatic carbocycles. The molecule has 0 unspecified atom stereocenters. The summed E-state index contributed by atoms with van der Waals surface area (Å²) in [5.41, 5.74) is 7.59. The van der Waals surface area contributed by atoms with E-state index >= 15 is 0 Å². The Bertz CT molecular complexity index is 230. The Morgan fingerprint density at radius 2 is 1.53 bits per heavy atom. The van der Waals surface area contributed by atoms with Crippen molar-refractivity contribution < 1.29 is 0 Å². The molecular formula is C17H37NSi. The van der Waals surface area contributed by atoms with Crippen molar-refractivity contribution in [1.29, 1.82) is 0 Å². The fourth-order valence-corrected chi connectivity index (χ4v) is 4.30. The van der Waals surface area contributed by atoms with Crippen molar-refractivity contribution in [2.45, 2.75) is 96.4 Å². The van der Waals surface area contributed by atoms with Crippen LogP contribution in [0.2, 0.25) is 25.7 Å². The lowest BCUT2D eigenvalue weighted by atomic mass is 10.0. The molecule has 0 aromatic rings. The van der Waals surface area contributed by atoms with Gasteiger partial charge < -0.3 is 5.73 Å². The van der Waals surface area contributed by atoms with Crippen LogP contribution in [-0.4, -0.2) is 14.1 Å². The zero-order chi connectivity index (χ0) is 14.7. The molecule has 1 nitrogen and oxygen atoms in total. The maximum Gasteiger partial charge on any atom is 0.0483 e. The van der Waals surface area contributed by atoms with E-state index in [9.17, 15) is 0 Å². The molecule has 0 spiro atoms. The molecule has 19 heavy (non-hydrogen) atoms. The quantitative estimate of drug-likeness (QED) is 0.276. The molecule has 2 N–H and O–H groups in total. The summed E-state index contributed by atoms with van der Waals surface area (Å²) >= 11 is 0. The van der Waals surface area contributed by atoms with Crippen molar-refractivity contribution in [3.63, 3.8) is 0 Å². The van der Waals surface area contributed by atoms with Gasteiger partial charge in [-0.1, -0.05) is 77.1 Å². The van der Waals surface area contributed by atoms with Crippen LogP contribution < -0.4 is 5.73 Å². The molecule has 0 fully saturated rings. The zero-order valence-corrected chi connectivity index (χ0v) is 14.9. The molecule has 0 bridgehead atoms. The van der Waals surface area contributed by atoms with E-state index in [1.165, 1.54) is 63.0 Å². The SMILES string of the molecule is C=C(C[C@H](N)CCCCCCCCC)C[Si](C)(C)C. The first-order valence-corrected chi connectivity index (χ1v) is 12.0. The van der Waals surface area contributed by atoms with Crippen LogP contribution in [-0.2, 0) is 0 Å². The molecule has 0 rings (SSSR count). The van der Waals surface area contributed by atoms with Gasteiger partial charge in [-0.15, -0.1) is 6.58 Å². The average Bonchev–Trinajstić information content (AvgIpc) is 2.25. The topological polar surface area (TPSA) is 26.0 Å². The normalized spacial score (nSPS) is 13.5. The molecule has 0 heterocycles. The smallest absolute Gasteiger partial charge is 0.0483 e. The van der Waals surface area contributed by atoms with Gasteiger partial charge in [-0.05, 0) is 18.9 Å². The highest BCUT2D eigenvalue weighted by atomic mass is 28.3. The summed E-state index contributed by atoms with van der Waals surface area (Å²) < 4.78 is 0. The summed E-state index contributed by atoms with van der Waals surface area (Å²) in [6.07, 6.45) is 11.8. The van der Waals surface area contributed by atoms with Gasteiger partial charge in [0.15, 0.2) is 0 Å². The summed E-state index contributed by atoms with van der Waals surface area (Å²) in [5.74, 6) is 0. The minimum atomic E-state index is -0.999. The third-order valence-electron chi connectivity index (χ3n) is 3.51. The summed E-state index contributed by atoms with van der Waals surface area (Å²) in [5, 5.41) is 0. The second kappa shape index (κ2) is 10.7. The highest BCUT2D eigenvalue weighted by Gasteiger charge is 2.15. The van der Waals surface area contributed by atoms with Crippen LogP contribution in [0.5, 0.6) is 0 Å². The van der Waals surface area contributed by atoms with Gasteiger partial charge in [0.05, 0.1) is 0 Å². The molecule has 1 atom stereocenters. The predicted molar refractivity (Wildman–Crippen MR) is 92.5 cm³/mol. The third-order valence-corrected chi connectivity index (χ3v) is 5.07. The van der Waals surface area contributed by atoms with Crippen LogP contribution in [0.15, 0.2) is 12.2 Å². The van der Waals surface area contributed by atoms with Gasteiger partial charge in [0.2, 0.25) is 0 Å². The second-order valence-electron chi connectivity index (χ2n) is 7.36. The van der Waals surface area contributed by atoms with Gasteiger partial charge in [0, 0.05) is 14.1 Å². The second-order valence-corrected chi connectivity index (χ2v) is 12.8. The molecule has 0 aliphatic rings. The van der Waals surface area contributed by atoms with Gasteiger partial charge in [0.1, 0.15) is 0 Å². The van der Waals surface area contributed by atoms with Gasteiger partial charge >= 0.3 is 0 Å². The minimum absolute atomic E-state index is 0.347. The largest absolute Gasteiger partial charge is 0.327 e. The summed E-state index contributed by atoms with van der Waals surface area (Å²) in [4.78, 5) is 0. The first-order valence-electron chi connectivity index (χ1n) is 8.27. The molecule has 0 saturated heterocycles. The van der Waals surface area contributed by atoms with E-state index in [1.807, 2.05) is 0 Å². The van der Waals surface area contributed by atoms with Gasteiger partial charge in [0.25, 0.3) is 0 Å². The Hall–Kier alpha value is -0.0831. The van der Waals surface area contributed by atoms with E-state index in [4.69, 9.17) is 5.73 Å². The molecule has 0 amide bonds. The van der Waals surface area contributed by atoms with Crippen molar-refractivity contribution in [3.8, 4) is 0 Å². The Labute approximate surface area is 123 Å². The van der Waals surface area contributed by atoms with Crippen LogP contribution in [0.25, 0.3) is 0 Å². The summed E-state index contributed by atoms with van der Waals surface area (Å²) in [6, 6.07) is 1.58. The number of hydrogen-bond acceptors (Lipinski definition) is 1. The van der Waals surface area contributed by atoms with E-state index < -0.39 is 8.07 Å². The molecular weight excluding hydrogens is 246 g/mol. The first kappa shape index (κ1) is 18.9. The maximum absolute atomic E-state index is 6.21. The molecule has 2 heteroatoms. The molecule has 0 aliphatic heterocycles. The van der Waals surface area contributed by atoms with Gasteiger partial charge in [-0.25, -0.2) is 0 Å². The lowest BCUT2D eigenvalue weighted by molar-refractivity contribution is 0.527. The molecule has 0 saturated carbocycles. The highest BCUT2D eigenvalue weighted by molar-refractivity contribution is 6.76. The Morgan fingerprint density at radius 3 is 2.05 bits per heavy atom. The van der Waals surface area contributed by atoms with Crippen molar-refractivity contribution in [1.82, 2.24) is 0 Å². The van der Waals surface area contributed by atoms with Crippen LogP contribution in [0.1, 0.15) is 64.7 Å². The van der Waals surface area contributed by atoms with Gasteiger partial charge in [-0.2, -0.15) is 0 Å². The third kappa shape index (κ3) is 14.1. The molecule has 0 aromatic heterocycles. The average molecular weight is 284 g/mol. The highest BCUT2D eigenvalue weighted by Crippen LogP contribution is 2.20. The maximum atomic E-state index is 6.21. The number of nitrogens with two attached hydrogens (primary N) is 1. The lowest BCUT2D eigenvalue weighted by Crippen LogP contribution is -2.24. The van der Waals surface area contributed by atoms with Crippen molar-refractivity contribution in [2.24, 2.45) is 5.73 Å². The van der Waals surface area contributed by atoms with E-state index in [-0.39, 0.29) is 0 Å². The Balaban J connectivity index is 3.49. The Kier molecular flexibility index (Phi) is 10.6. The van der Waals surface area contributed by atoms with E-state index in [1.54, 1.807) is 0 Å². The molecule has 0 aliphatic carbocycles. The van der Waals surface area contributed by atoms with Crippen molar-refractivity contribution >= 4 is 8.07 Å². The van der Waals surface area contributed by atoms with E-state index in [0.717, 1.165) is 6.42 Å². The Morgan fingerprint density at radius 1 is 1.00 bits per heavy atom. The van der Waals surface area contributed by atoms with Crippen LogP contribution in [0, 0.1) is 0 Å². The first-order chi connectivity index (χ1) is 8.85. The van der Waals surface area contributed by atoms with Gasteiger partial charge in [-0.3, -0.25) is 0 Å².